The molecule has 0 saturated heterocycles. The Labute approximate surface area is 111 Å². The van der Waals surface area contributed by atoms with E-state index < -0.39 is 6.29 Å². The fraction of sp³-hybridized carbons (Fsp3) is 0.636. The number of rotatable bonds is 7. The normalized spacial score (nSPS) is 10.8. The zero-order valence-electron chi connectivity index (χ0n) is 10.8. The quantitative estimate of drug-likeness (QED) is 0.596. The van der Waals surface area contributed by atoms with Crippen molar-refractivity contribution in [2.75, 3.05) is 25.2 Å². The van der Waals surface area contributed by atoms with Crippen LogP contribution >= 0.6 is 11.8 Å². The van der Waals surface area contributed by atoms with E-state index in [0.717, 1.165) is 0 Å². The van der Waals surface area contributed by atoms with Gasteiger partial charge in [0.2, 0.25) is 0 Å². The molecule has 0 aliphatic heterocycles. The minimum atomic E-state index is -0.400. The molecule has 1 aromatic heterocycles. The SMILES string of the molecule is CCOC(Cn1nc(SC)c(C#N)c1N)OCC. The lowest BCUT2D eigenvalue weighted by atomic mass is 10.4. The summed E-state index contributed by atoms with van der Waals surface area (Å²) < 4.78 is 12.4. The van der Waals surface area contributed by atoms with Crippen LogP contribution in [0.4, 0.5) is 5.82 Å². The predicted molar refractivity (Wildman–Crippen MR) is 70.2 cm³/mol. The minimum Gasteiger partial charge on any atom is -0.383 e. The van der Waals surface area contributed by atoms with E-state index in [1.165, 1.54) is 11.8 Å². The number of ether oxygens (including phenoxy) is 2. The van der Waals surface area contributed by atoms with Crippen molar-refractivity contribution in [3.05, 3.63) is 5.56 Å². The predicted octanol–water partition coefficient (Wildman–Crippen LogP) is 1.46. The molecule has 0 saturated carbocycles. The second-order valence-electron chi connectivity index (χ2n) is 3.40. The van der Waals surface area contributed by atoms with Gasteiger partial charge >= 0.3 is 0 Å². The highest BCUT2D eigenvalue weighted by molar-refractivity contribution is 7.98. The lowest BCUT2D eigenvalue weighted by Crippen LogP contribution is -2.25. The van der Waals surface area contributed by atoms with E-state index in [2.05, 4.69) is 11.2 Å². The van der Waals surface area contributed by atoms with Crippen molar-refractivity contribution in [3.63, 3.8) is 0 Å². The molecular formula is C11H18N4O2S. The van der Waals surface area contributed by atoms with E-state index in [0.29, 0.717) is 36.2 Å². The average molecular weight is 270 g/mol. The van der Waals surface area contributed by atoms with Crippen LogP contribution in [0.15, 0.2) is 5.03 Å². The Kier molecular flexibility index (Phi) is 5.98. The summed E-state index contributed by atoms with van der Waals surface area (Å²) in [5.74, 6) is 0.353. The first-order valence-electron chi connectivity index (χ1n) is 5.71. The number of nitriles is 1. The summed E-state index contributed by atoms with van der Waals surface area (Å²) in [5, 5.41) is 13.9. The molecule has 6 nitrogen and oxygen atoms in total. The van der Waals surface area contributed by atoms with Crippen LogP contribution in [0.25, 0.3) is 0 Å². The first kappa shape index (κ1) is 14.8. The third-order valence-corrected chi connectivity index (χ3v) is 2.96. The number of anilines is 1. The number of aromatic nitrogens is 2. The molecule has 0 spiro atoms. The summed E-state index contributed by atoms with van der Waals surface area (Å²) in [6, 6.07) is 2.06. The maximum atomic E-state index is 9.03. The third-order valence-electron chi connectivity index (χ3n) is 2.29. The highest BCUT2D eigenvalue weighted by Crippen LogP contribution is 2.24. The van der Waals surface area contributed by atoms with Gasteiger partial charge in [-0.1, -0.05) is 0 Å². The van der Waals surface area contributed by atoms with E-state index in [1.54, 1.807) is 4.68 Å². The smallest absolute Gasteiger partial charge is 0.177 e. The van der Waals surface area contributed by atoms with E-state index in [-0.39, 0.29) is 0 Å². The molecule has 2 N–H and O–H groups in total. The van der Waals surface area contributed by atoms with Crippen LogP contribution in [-0.4, -0.2) is 35.5 Å². The van der Waals surface area contributed by atoms with Crippen LogP contribution in [0.5, 0.6) is 0 Å². The summed E-state index contributed by atoms with van der Waals surface area (Å²) in [7, 11) is 0. The van der Waals surface area contributed by atoms with Gasteiger partial charge in [0.05, 0.1) is 6.54 Å². The van der Waals surface area contributed by atoms with Gasteiger partial charge in [0.15, 0.2) is 6.29 Å². The molecule has 0 atom stereocenters. The van der Waals surface area contributed by atoms with Gasteiger partial charge in [0.1, 0.15) is 22.5 Å². The molecular weight excluding hydrogens is 252 g/mol. The summed E-state index contributed by atoms with van der Waals surface area (Å²) >= 11 is 1.39. The number of nitrogens with zero attached hydrogens (tertiary/aromatic N) is 3. The Hall–Kier alpha value is -1.23. The number of nitrogens with two attached hydrogens (primary N) is 1. The Bertz CT molecular complexity index is 421. The van der Waals surface area contributed by atoms with Crippen LogP contribution in [0.1, 0.15) is 19.4 Å². The zero-order valence-corrected chi connectivity index (χ0v) is 11.7. The van der Waals surface area contributed by atoms with Crippen LogP contribution in [-0.2, 0) is 16.0 Å². The maximum absolute atomic E-state index is 9.03. The molecule has 1 rings (SSSR count). The minimum absolute atomic E-state index is 0.353. The highest BCUT2D eigenvalue weighted by Gasteiger charge is 2.18. The first-order chi connectivity index (χ1) is 8.67. The maximum Gasteiger partial charge on any atom is 0.177 e. The van der Waals surface area contributed by atoms with Gasteiger partial charge in [-0.3, -0.25) is 0 Å². The fourth-order valence-electron chi connectivity index (χ4n) is 1.51. The van der Waals surface area contributed by atoms with Gasteiger partial charge in [-0.25, -0.2) is 4.68 Å². The first-order valence-corrected chi connectivity index (χ1v) is 6.93. The van der Waals surface area contributed by atoms with Crippen LogP contribution in [0.2, 0.25) is 0 Å². The summed E-state index contributed by atoms with van der Waals surface area (Å²) in [5.41, 5.74) is 6.30. The molecule has 0 aliphatic rings. The van der Waals surface area contributed by atoms with Crippen molar-refractivity contribution in [1.82, 2.24) is 9.78 Å². The molecule has 0 radical (unpaired) electrons. The number of thioether (sulfide) groups is 1. The largest absolute Gasteiger partial charge is 0.383 e. The monoisotopic (exact) mass is 270 g/mol. The Morgan fingerprint density at radius 2 is 2.06 bits per heavy atom. The Morgan fingerprint density at radius 3 is 2.44 bits per heavy atom. The second-order valence-corrected chi connectivity index (χ2v) is 4.20. The molecule has 0 aliphatic carbocycles. The van der Waals surface area contributed by atoms with E-state index in [1.807, 2.05) is 20.1 Å². The highest BCUT2D eigenvalue weighted by atomic mass is 32.2. The van der Waals surface area contributed by atoms with E-state index in [4.69, 9.17) is 20.5 Å². The third kappa shape index (κ3) is 3.38. The molecule has 0 fully saturated rings. The number of hydrogen-bond donors (Lipinski definition) is 1. The molecule has 7 heteroatoms. The number of nitrogen functional groups attached to an aromatic ring is 1. The Morgan fingerprint density at radius 1 is 1.44 bits per heavy atom. The standard InChI is InChI=1S/C11H18N4O2S/c1-4-16-9(17-5-2)7-15-10(13)8(6-12)11(14-15)18-3/h9H,4-5,7,13H2,1-3H3. The average Bonchev–Trinajstić information content (AvgIpc) is 2.66. The van der Waals surface area contributed by atoms with Crippen LogP contribution in [0, 0.1) is 11.3 Å². The Balaban J connectivity index is 2.89. The van der Waals surface area contributed by atoms with Crippen LogP contribution < -0.4 is 5.73 Å². The van der Waals surface area contributed by atoms with Gasteiger partial charge in [0, 0.05) is 13.2 Å². The molecule has 1 aromatic rings. The van der Waals surface area contributed by atoms with Crippen molar-refractivity contribution in [2.45, 2.75) is 31.7 Å². The van der Waals surface area contributed by atoms with Crippen molar-refractivity contribution in [1.29, 1.82) is 5.26 Å². The van der Waals surface area contributed by atoms with Crippen molar-refractivity contribution < 1.29 is 9.47 Å². The summed E-state index contributed by atoms with van der Waals surface area (Å²) in [6.07, 6.45) is 1.46. The molecule has 0 amide bonds. The second kappa shape index (κ2) is 7.26. The van der Waals surface area contributed by atoms with Gasteiger partial charge in [-0.15, -0.1) is 11.8 Å². The van der Waals surface area contributed by atoms with Crippen LogP contribution in [0.3, 0.4) is 0 Å². The molecule has 0 bridgehead atoms. The van der Waals surface area contributed by atoms with Gasteiger partial charge in [-0.2, -0.15) is 10.4 Å². The van der Waals surface area contributed by atoms with E-state index in [9.17, 15) is 0 Å². The topological polar surface area (TPSA) is 86.1 Å². The molecule has 0 aromatic carbocycles. The van der Waals surface area contributed by atoms with Crippen molar-refractivity contribution in [2.24, 2.45) is 0 Å². The zero-order chi connectivity index (χ0) is 13.5. The molecule has 0 unspecified atom stereocenters. The fourth-order valence-corrected chi connectivity index (χ4v) is 2.04. The summed E-state index contributed by atoms with van der Waals surface area (Å²) in [4.78, 5) is 0. The van der Waals surface area contributed by atoms with E-state index >= 15 is 0 Å². The lowest BCUT2D eigenvalue weighted by Gasteiger charge is -2.17. The molecule has 100 valence electrons. The van der Waals surface area contributed by atoms with Gasteiger partial charge in [0.25, 0.3) is 0 Å². The summed E-state index contributed by atoms with van der Waals surface area (Å²) in [6.45, 7) is 5.26. The number of hydrogen-bond acceptors (Lipinski definition) is 6. The molecule has 18 heavy (non-hydrogen) atoms. The van der Waals surface area contributed by atoms with Crippen molar-refractivity contribution in [3.8, 4) is 6.07 Å². The molecule has 1 heterocycles. The van der Waals surface area contributed by atoms with Crippen molar-refractivity contribution >= 4 is 17.6 Å². The van der Waals surface area contributed by atoms with Gasteiger partial charge < -0.3 is 15.2 Å². The van der Waals surface area contributed by atoms with Gasteiger partial charge in [-0.05, 0) is 20.1 Å². The lowest BCUT2D eigenvalue weighted by molar-refractivity contribution is -0.144.